The van der Waals surface area contributed by atoms with Crippen LogP contribution in [0.5, 0.6) is 0 Å². The molecule has 2 saturated heterocycles. The van der Waals surface area contributed by atoms with Gasteiger partial charge >= 0.3 is 0 Å². The average Bonchev–Trinajstić information content (AvgIpc) is 2.99. The van der Waals surface area contributed by atoms with Gasteiger partial charge in [0.2, 0.25) is 5.95 Å². The van der Waals surface area contributed by atoms with Crippen LogP contribution in [-0.4, -0.2) is 53.6 Å². The van der Waals surface area contributed by atoms with Gasteiger partial charge in [0.1, 0.15) is 0 Å². The Labute approximate surface area is 121 Å². The van der Waals surface area contributed by atoms with Gasteiger partial charge in [0.15, 0.2) is 0 Å². The van der Waals surface area contributed by atoms with E-state index in [2.05, 4.69) is 19.8 Å². The van der Waals surface area contributed by atoms with Gasteiger partial charge in [-0.2, -0.15) is 0 Å². The van der Waals surface area contributed by atoms with Crippen molar-refractivity contribution in [2.45, 2.75) is 38.1 Å². The summed E-state index contributed by atoms with van der Waals surface area (Å²) in [6, 6.07) is 0.697. The minimum absolute atomic E-state index is 0.656. The van der Waals surface area contributed by atoms with E-state index in [4.69, 9.17) is 5.73 Å². The molecule has 2 aliphatic rings. The first-order valence-corrected chi connectivity index (χ1v) is 7.87. The Morgan fingerprint density at radius 2 is 1.85 bits per heavy atom. The molecule has 0 saturated carbocycles. The Hall–Kier alpha value is -1.20. The molecule has 2 N–H and O–H groups in total. The third-order valence-corrected chi connectivity index (χ3v) is 4.48. The topological polar surface area (TPSA) is 58.3 Å². The minimum atomic E-state index is 0.656. The molecule has 110 valence electrons. The van der Waals surface area contributed by atoms with E-state index in [1.807, 2.05) is 12.4 Å². The summed E-state index contributed by atoms with van der Waals surface area (Å²) in [6.45, 7) is 5.36. The van der Waals surface area contributed by atoms with Gasteiger partial charge in [0, 0.05) is 31.5 Å². The van der Waals surface area contributed by atoms with Crippen molar-refractivity contribution >= 4 is 5.95 Å². The summed E-state index contributed by atoms with van der Waals surface area (Å²) in [5, 5.41) is 0. The molecule has 1 atom stereocenters. The number of nitrogens with two attached hydrogens (primary N) is 1. The lowest BCUT2D eigenvalue weighted by Crippen LogP contribution is -2.41. The fraction of sp³-hybridized carbons (Fsp3) is 0.733. The van der Waals surface area contributed by atoms with Crippen LogP contribution in [0.1, 0.15) is 31.2 Å². The monoisotopic (exact) mass is 275 g/mol. The number of rotatable bonds is 4. The molecule has 1 unspecified atom stereocenters. The molecule has 1 aromatic heterocycles. The van der Waals surface area contributed by atoms with Gasteiger partial charge in [0.05, 0.1) is 0 Å². The van der Waals surface area contributed by atoms with Gasteiger partial charge in [-0.1, -0.05) is 6.42 Å². The van der Waals surface area contributed by atoms with Gasteiger partial charge in [0.25, 0.3) is 0 Å². The molecule has 3 heterocycles. The van der Waals surface area contributed by atoms with E-state index in [0.29, 0.717) is 12.6 Å². The van der Waals surface area contributed by atoms with Crippen LogP contribution in [-0.2, 0) is 6.42 Å². The highest BCUT2D eigenvalue weighted by atomic mass is 15.3. The van der Waals surface area contributed by atoms with E-state index in [1.54, 1.807) is 0 Å². The van der Waals surface area contributed by atoms with Gasteiger partial charge in [-0.05, 0) is 50.9 Å². The summed E-state index contributed by atoms with van der Waals surface area (Å²) in [5.41, 5.74) is 6.68. The molecule has 20 heavy (non-hydrogen) atoms. The maximum atomic E-state index is 5.55. The highest BCUT2D eigenvalue weighted by molar-refractivity contribution is 5.32. The summed E-state index contributed by atoms with van der Waals surface area (Å²) < 4.78 is 0. The first-order chi connectivity index (χ1) is 9.86. The van der Waals surface area contributed by atoms with E-state index in [9.17, 15) is 0 Å². The molecule has 5 heteroatoms. The molecule has 0 radical (unpaired) electrons. The molecule has 5 nitrogen and oxygen atoms in total. The van der Waals surface area contributed by atoms with E-state index >= 15 is 0 Å². The minimum Gasteiger partial charge on any atom is -0.339 e. The van der Waals surface area contributed by atoms with Crippen LogP contribution < -0.4 is 10.6 Å². The number of piperidine rings is 1. The van der Waals surface area contributed by atoms with Crippen LogP contribution in [0.4, 0.5) is 5.95 Å². The first-order valence-electron chi connectivity index (χ1n) is 7.87. The van der Waals surface area contributed by atoms with Crippen molar-refractivity contribution < 1.29 is 0 Å². The van der Waals surface area contributed by atoms with Crippen molar-refractivity contribution in [2.24, 2.45) is 5.73 Å². The molecular formula is C15H25N5. The maximum absolute atomic E-state index is 5.55. The van der Waals surface area contributed by atoms with E-state index in [1.165, 1.54) is 38.8 Å². The lowest BCUT2D eigenvalue weighted by Gasteiger charge is -2.32. The summed E-state index contributed by atoms with van der Waals surface area (Å²) in [4.78, 5) is 14.0. The number of anilines is 1. The van der Waals surface area contributed by atoms with Crippen LogP contribution in [0.2, 0.25) is 0 Å². The lowest BCUT2D eigenvalue weighted by molar-refractivity contribution is 0.174. The van der Waals surface area contributed by atoms with Crippen molar-refractivity contribution in [2.75, 3.05) is 37.6 Å². The van der Waals surface area contributed by atoms with Crippen LogP contribution >= 0.6 is 0 Å². The third kappa shape index (κ3) is 3.10. The van der Waals surface area contributed by atoms with Crippen molar-refractivity contribution in [3.8, 4) is 0 Å². The van der Waals surface area contributed by atoms with Crippen LogP contribution in [0.25, 0.3) is 0 Å². The predicted molar refractivity (Wildman–Crippen MR) is 80.8 cm³/mol. The van der Waals surface area contributed by atoms with Crippen LogP contribution in [0.3, 0.4) is 0 Å². The first kappa shape index (κ1) is 13.8. The lowest BCUT2D eigenvalue weighted by atomic mass is 10.1. The number of nitrogens with zero attached hydrogens (tertiary/aromatic N) is 4. The van der Waals surface area contributed by atoms with Gasteiger partial charge in [-0.3, -0.25) is 4.90 Å². The number of aromatic nitrogens is 2. The van der Waals surface area contributed by atoms with Crippen LogP contribution in [0.15, 0.2) is 12.4 Å². The fourth-order valence-electron chi connectivity index (χ4n) is 3.31. The predicted octanol–water partition coefficient (Wildman–Crippen LogP) is 1.04. The average molecular weight is 275 g/mol. The Morgan fingerprint density at radius 3 is 2.55 bits per heavy atom. The normalized spacial score (nSPS) is 24.2. The SMILES string of the molecule is NCCc1cnc(N2CCC(N3CCCCC3)C2)nc1. The largest absolute Gasteiger partial charge is 0.339 e. The van der Waals surface area contributed by atoms with Crippen molar-refractivity contribution in [1.29, 1.82) is 0 Å². The highest BCUT2D eigenvalue weighted by Crippen LogP contribution is 2.22. The quantitative estimate of drug-likeness (QED) is 0.890. The number of hydrogen-bond acceptors (Lipinski definition) is 5. The zero-order chi connectivity index (χ0) is 13.8. The van der Waals surface area contributed by atoms with E-state index in [0.717, 1.165) is 31.0 Å². The third-order valence-electron chi connectivity index (χ3n) is 4.48. The van der Waals surface area contributed by atoms with Gasteiger partial charge < -0.3 is 10.6 Å². The fourth-order valence-corrected chi connectivity index (χ4v) is 3.31. The van der Waals surface area contributed by atoms with E-state index in [-0.39, 0.29) is 0 Å². The van der Waals surface area contributed by atoms with Gasteiger partial charge in [-0.15, -0.1) is 0 Å². The number of likely N-dealkylation sites (tertiary alicyclic amines) is 1. The second-order valence-corrected chi connectivity index (χ2v) is 5.92. The zero-order valence-electron chi connectivity index (χ0n) is 12.2. The molecule has 2 fully saturated rings. The van der Waals surface area contributed by atoms with Crippen molar-refractivity contribution in [3.05, 3.63) is 18.0 Å². The molecule has 1 aromatic rings. The Balaban J connectivity index is 1.58. The molecule has 3 rings (SSSR count). The summed E-state index contributed by atoms with van der Waals surface area (Å²) >= 11 is 0. The zero-order valence-corrected chi connectivity index (χ0v) is 12.2. The van der Waals surface area contributed by atoms with Crippen molar-refractivity contribution in [1.82, 2.24) is 14.9 Å². The van der Waals surface area contributed by atoms with E-state index < -0.39 is 0 Å². The Kier molecular flexibility index (Phi) is 4.47. The molecule has 0 amide bonds. The summed E-state index contributed by atoms with van der Waals surface area (Å²) in [7, 11) is 0. The Morgan fingerprint density at radius 1 is 1.10 bits per heavy atom. The molecule has 0 aliphatic carbocycles. The molecule has 0 spiro atoms. The molecule has 0 bridgehead atoms. The molecular weight excluding hydrogens is 250 g/mol. The second kappa shape index (κ2) is 6.50. The molecule has 2 aliphatic heterocycles. The molecule has 0 aromatic carbocycles. The van der Waals surface area contributed by atoms with Gasteiger partial charge in [-0.25, -0.2) is 9.97 Å². The smallest absolute Gasteiger partial charge is 0.225 e. The highest BCUT2D eigenvalue weighted by Gasteiger charge is 2.29. The van der Waals surface area contributed by atoms with Crippen LogP contribution in [0, 0.1) is 0 Å². The number of hydrogen-bond donors (Lipinski definition) is 1. The van der Waals surface area contributed by atoms with Crippen molar-refractivity contribution in [3.63, 3.8) is 0 Å². The second-order valence-electron chi connectivity index (χ2n) is 5.92. The summed E-state index contributed by atoms with van der Waals surface area (Å²) in [5.74, 6) is 0.880. The summed E-state index contributed by atoms with van der Waals surface area (Å²) in [6.07, 6.45) is 10.1. The standard InChI is InChI=1S/C15H25N5/c16-6-4-13-10-17-15(18-11-13)20-9-5-14(12-20)19-7-2-1-3-8-19/h10-11,14H,1-9,12,16H2. The maximum Gasteiger partial charge on any atom is 0.225 e. The Bertz CT molecular complexity index is 413.